The number of hydrogen-bond donors (Lipinski definition) is 2. The first-order valence-corrected chi connectivity index (χ1v) is 6.67. The highest BCUT2D eigenvalue weighted by Crippen LogP contribution is 2.25. The van der Waals surface area contributed by atoms with E-state index >= 15 is 0 Å². The van der Waals surface area contributed by atoms with E-state index in [4.69, 9.17) is 29.6 Å². The molecule has 2 rings (SSSR count). The summed E-state index contributed by atoms with van der Waals surface area (Å²) < 4.78 is 13.5. The predicted octanol–water partition coefficient (Wildman–Crippen LogP) is 3.87. The Bertz CT molecular complexity index is 688. The van der Waals surface area contributed by atoms with Gasteiger partial charge in [-0.15, -0.1) is 0 Å². The van der Waals surface area contributed by atoms with Gasteiger partial charge < -0.3 is 11.1 Å². The molecule has 2 aromatic rings. The van der Waals surface area contributed by atoms with Crippen LogP contribution in [0.4, 0.5) is 15.9 Å². The normalized spacial score (nSPS) is 10.4. The number of aromatic nitrogens is 1. The molecule has 3 nitrogen and oxygen atoms in total. The lowest BCUT2D eigenvalue weighted by Crippen LogP contribution is -2.15. The van der Waals surface area contributed by atoms with Gasteiger partial charge in [0.1, 0.15) is 16.6 Å². The van der Waals surface area contributed by atoms with E-state index in [0.29, 0.717) is 17.1 Å². The first-order valence-electron chi connectivity index (χ1n) is 5.88. The Kier molecular flexibility index (Phi) is 4.20. The van der Waals surface area contributed by atoms with Crippen molar-refractivity contribution >= 4 is 40.3 Å². The summed E-state index contributed by atoms with van der Waals surface area (Å²) in [5.74, 6) is 0.00893. The third kappa shape index (κ3) is 3.05. The summed E-state index contributed by atoms with van der Waals surface area (Å²) in [4.78, 5) is 4.61. The molecular weight excluding hydrogens is 297 g/mol. The molecular formula is C14H13ClFN3S. The van der Waals surface area contributed by atoms with E-state index < -0.39 is 5.82 Å². The Morgan fingerprint density at radius 3 is 2.65 bits per heavy atom. The van der Waals surface area contributed by atoms with Gasteiger partial charge in [-0.3, -0.25) is 0 Å². The second-order valence-electron chi connectivity index (χ2n) is 4.42. The molecule has 0 aliphatic heterocycles. The predicted molar refractivity (Wildman–Crippen MR) is 84.3 cm³/mol. The molecule has 0 saturated heterocycles. The Balaban J connectivity index is 2.47. The van der Waals surface area contributed by atoms with E-state index in [1.165, 1.54) is 12.1 Å². The number of anilines is 2. The number of nitrogens with zero attached hydrogens (tertiary/aromatic N) is 1. The third-order valence-corrected chi connectivity index (χ3v) is 3.28. The first kappa shape index (κ1) is 14.7. The van der Waals surface area contributed by atoms with Gasteiger partial charge in [0, 0.05) is 11.4 Å². The smallest absolute Gasteiger partial charge is 0.143 e. The molecule has 0 saturated carbocycles. The number of pyridine rings is 1. The molecule has 0 fully saturated rings. The summed E-state index contributed by atoms with van der Waals surface area (Å²) >= 11 is 10.7. The quantitative estimate of drug-likeness (QED) is 0.845. The Hall–Kier alpha value is -1.72. The molecule has 0 bridgehead atoms. The highest BCUT2D eigenvalue weighted by Gasteiger charge is 2.12. The molecule has 104 valence electrons. The van der Waals surface area contributed by atoms with Gasteiger partial charge in [0.15, 0.2) is 0 Å². The van der Waals surface area contributed by atoms with Gasteiger partial charge in [-0.25, -0.2) is 9.37 Å². The fourth-order valence-electron chi connectivity index (χ4n) is 1.95. The van der Waals surface area contributed by atoms with Crippen LogP contribution < -0.4 is 11.1 Å². The SMILES string of the molecule is Cc1cc(C)c(C(N)=S)c(Nc2ccc(Cl)c(F)c2)n1. The van der Waals surface area contributed by atoms with Crippen LogP contribution in [-0.4, -0.2) is 9.97 Å². The van der Waals surface area contributed by atoms with Gasteiger partial charge in [-0.1, -0.05) is 23.8 Å². The molecule has 0 unspecified atom stereocenters. The maximum atomic E-state index is 13.5. The van der Waals surface area contributed by atoms with Crippen molar-refractivity contribution in [3.63, 3.8) is 0 Å². The summed E-state index contributed by atoms with van der Waals surface area (Å²) in [6.45, 7) is 3.76. The molecule has 0 aliphatic carbocycles. The monoisotopic (exact) mass is 309 g/mol. The van der Waals surface area contributed by atoms with Crippen LogP contribution in [0.1, 0.15) is 16.8 Å². The molecule has 0 atom stereocenters. The van der Waals surface area contributed by atoms with Gasteiger partial charge in [-0.05, 0) is 43.7 Å². The number of nitrogens with one attached hydrogen (secondary N) is 1. The molecule has 0 radical (unpaired) electrons. The van der Waals surface area contributed by atoms with Crippen molar-refractivity contribution in [2.45, 2.75) is 13.8 Å². The standard InChI is InChI=1S/C14H13ClFN3S/c1-7-5-8(2)18-14(12(7)13(17)20)19-9-3-4-10(15)11(16)6-9/h3-6H,1-2H3,(H2,17,20)(H,18,19). The zero-order valence-electron chi connectivity index (χ0n) is 11.0. The fraction of sp³-hybridized carbons (Fsp3) is 0.143. The maximum absolute atomic E-state index is 13.5. The van der Waals surface area contributed by atoms with Crippen LogP contribution in [0.2, 0.25) is 5.02 Å². The van der Waals surface area contributed by atoms with E-state index in [0.717, 1.165) is 11.3 Å². The molecule has 20 heavy (non-hydrogen) atoms. The van der Waals surface area contributed by atoms with E-state index in [2.05, 4.69) is 10.3 Å². The average molecular weight is 310 g/mol. The summed E-state index contributed by atoms with van der Waals surface area (Å²) in [5, 5.41) is 3.09. The molecule has 1 aromatic heterocycles. The van der Waals surface area contributed by atoms with Crippen molar-refractivity contribution in [3.8, 4) is 0 Å². The summed E-state index contributed by atoms with van der Waals surface area (Å²) in [7, 11) is 0. The lowest BCUT2D eigenvalue weighted by Gasteiger charge is -2.14. The van der Waals surface area contributed by atoms with Crippen LogP contribution in [0.15, 0.2) is 24.3 Å². The second-order valence-corrected chi connectivity index (χ2v) is 5.27. The summed E-state index contributed by atoms with van der Waals surface area (Å²) in [5.41, 5.74) is 8.65. The highest BCUT2D eigenvalue weighted by molar-refractivity contribution is 7.80. The largest absolute Gasteiger partial charge is 0.389 e. The minimum Gasteiger partial charge on any atom is -0.389 e. The fourth-order valence-corrected chi connectivity index (χ4v) is 2.32. The van der Waals surface area contributed by atoms with Crippen LogP contribution in [0.3, 0.4) is 0 Å². The molecule has 1 aromatic carbocycles. The van der Waals surface area contributed by atoms with Crippen LogP contribution in [0, 0.1) is 19.7 Å². The van der Waals surface area contributed by atoms with Crippen molar-refractivity contribution in [2.75, 3.05) is 5.32 Å². The minimum atomic E-state index is -0.502. The number of aryl methyl sites for hydroxylation is 2. The molecule has 6 heteroatoms. The number of rotatable bonds is 3. The van der Waals surface area contributed by atoms with Crippen LogP contribution in [0.25, 0.3) is 0 Å². The Morgan fingerprint density at radius 2 is 2.05 bits per heavy atom. The number of thiocarbonyl (C=S) groups is 1. The van der Waals surface area contributed by atoms with E-state index in [9.17, 15) is 4.39 Å². The molecule has 0 amide bonds. The molecule has 3 N–H and O–H groups in total. The van der Waals surface area contributed by atoms with E-state index in [-0.39, 0.29) is 10.0 Å². The summed E-state index contributed by atoms with van der Waals surface area (Å²) in [6, 6.07) is 6.32. The first-order chi connectivity index (χ1) is 9.38. The zero-order chi connectivity index (χ0) is 14.9. The number of hydrogen-bond acceptors (Lipinski definition) is 3. The lowest BCUT2D eigenvalue weighted by molar-refractivity contribution is 0.629. The summed E-state index contributed by atoms with van der Waals surface area (Å²) in [6.07, 6.45) is 0. The van der Waals surface area contributed by atoms with Crippen LogP contribution in [-0.2, 0) is 0 Å². The van der Waals surface area contributed by atoms with Crippen molar-refractivity contribution in [1.82, 2.24) is 4.98 Å². The molecule has 0 aliphatic rings. The number of halogens is 2. The topological polar surface area (TPSA) is 50.9 Å². The van der Waals surface area contributed by atoms with Crippen molar-refractivity contribution in [3.05, 3.63) is 51.9 Å². The third-order valence-electron chi connectivity index (χ3n) is 2.77. The Morgan fingerprint density at radius 1 is 1.35 bits per heavy atom. The highest BCUT2D eigenvalue weighted by atomic mass is 35.5. The molecule has 1 heterocycles. The minimum absolute atomic E-state index is 0.0681. The van der Waals surface area contributed by atoms with Crippen molar-refractivity contribution < 1.29 is 4.39 Å². The van der Waals surface area contributed by atoms with Crippen molar-refractivity contribution in [2.24, 2.45) is 5.73 Å². The van der Waals surface area contributed by atoms with E-state index in [1.54, 1.807) is 6.07 Å². The second kappa shape index (κ2) is 5.73. The Labute approximate surface area is 127 Å². The lowest BCUT2D eigenvalue weighted by atomic mass is 10.1. The maximum Gasteiger partial charge on any atom is 0.143 e. The van der Waals surface area contributed by atoms with Gasteiger partial charge in [0.2, 0.25) is 0 Å². The van der Waals surface area contributed by atoms with Crippen LogP contribution >= 0.6 is 23.8 Å². The average Bonchev–Trinajstić information content (AvgIpc) is 2.32. The van der Waals surface area contributed by atoms with Gasteiger partial charge in [-0.2, -0.15) is 0 Å². The van der Waals surface area contributed by atoms with Gasteiger partial charge in [0.05, 0.1) is 10.6 Å². The van der Waals surface area contributed by atoms with E-state index in [1.807, 2.05) is 19.9 Å². The van der Waals surface area contributed by atoms with Crippen LogP contribution in [0.5, 0.6) is 0 Å². The van der Waals surface area contributed by atoms with Crippen molar-refractivity contribution in [1.29, 1.82) is 0 Å². The van der Waals surface area contributed by atoms with Gasteiger partial charge in [0.25, 0.3) is 0 Å². The number of benzene rings is 1. The number of nitrogens with two attached hydrogens (primary N) is 1. The zero-order valence-corrected chi connectivity index (χ0v) is 12.6. The van der Waals surface area contributed by atoms with Gasteiger partial charge >= 0.3 is 0 Å². The molecule has 0 spiro atoms.